The van der Waals surface area contributed by atoms with Gasteiger partial charge in [0.2, 0.25) is 10.0 Å². The highest BCUT2D eigenvalue weighted by Gasteiger charge is 2.18. The number of morpholine rings is 1. The van der Waals surface area contributed by atoms with Crippen LogP contribution in [0.5, 0.6) is 0 Å². The molecule has 0 saturated carbocycles. The fourth-order valence-electron chi connectivity index (χ4n) is 2.05. The van der Waals surface area contributed by atoms with Gasteiger partial charge in [0.05, 0.1) is 24.2 Å². The Morgan fingerprint density at radius 1 is 1.29 bits per heavy atom. The van der Waals surface area contributed by atoms with Crippen LogP contribution in [0.4, 0.5) is 0 Å². The molecule has 0 bridgehead atoms. The molecule has 8 heteroatoms. The van der Waals surface area contributed by atoms with E-state index >= 15 is 0 Å². The fraction of sp³-hybridized carbons (Fsp3) is 0.538. The highest BCUT2D eigenvalue weighted by Crippen LogP contribution is 2.14. The number of aliphatic hydroxyl groups is 1. The first-order chi connectivity index (χ1) is 9.97. The van der Waals surface area contributed by atoms with E-state index in [4.69, 9.17) is 4.74 Å². The number of nitrogens with one attached hydrogen (secondary N) is 1. The number of hydrogen-bond acceptors (Lipinski definition) is 5. The molecule has 0 radical (unpaired) electrons. The molecule has 1 aromatic carbocycles. The van der Waals surface area contributed by atoms with Crippen LogP contribution in [-0.4, -0.2) is 63.9 Å². The van der Waals surface area contributed by atoms with Gasteiger partial charge in [0.25, 0.3) is 0 Å². The second-order valence-corrected chi connectivity index (χ2v) is 7.56. The first-order valence-corrected chi connectivity index (χ1v) is 8.98. The Bertz CT molecular complexity index is 544. The van der Waals surface area contributed by atoms with Crippen molar-refractivity contribution in [1.82, 2.24) is 9.62 Å². The van der Waals surface area contributed by atoms with Crippen LogP contribution in [0.1, 0.15) is 0 Å². The van der Waals surface area contributed by atoms with E-state index < -0.39 is 16.1 Å². The summed E-state index contributed by atoms with van der Waals surface area (Å²) in [6.07, 6.45) is -0.742. The lowest BCUT2D eigenvalue weighted by Gasteiger charge is -2.28. The molecule has 0 spiro atoms. The highest BCUT2D eigenvalue weighted by molar-refractivity contribution is 9.10. The molecule has 2 N–H and O–H groups in total. The van der Waals surface area contributed by atoms with E-state index in [0.29, 0.717) is 19.8 Å². The van der Waals surface area contributed by atoms with Crippen LogP contribution in [0.2, 0.25) is 0 Å². The van der Waals surface area contributed by atoms with Crippen LogP contribution in [0.3, 0.4) is 0 Å². The van der Waals surface area contributed by atoms with Crippen LogP contribution >= 0.6 is 15.9 Å². The monoisotopic (exact) mass is 378 g/mol. The second-order valence-electron chi connectivity index (χ2n) is 4.87. The highest BCUT2D eigenvalue weighted by atomic mass is 79.9. The van der Waals surface area contributed by atoms with Crippen LogP contribution in [0.15, 0.2) is 33.6 Å². The summed E-state index contributed by atoms with van der Waals surface area (Å²) in [7, 11) is -3.59. The van der Waals surface area contributed by atoms with Gasteiger partial charge in [-0.15, -0.1) is 0 Å². The zero-order valence-corrected chi connectivity index (χ0v) is 13.9. The molecule has 1 aliphatic heterocycles. The van der Waals surface area contributed by atoms with E-state index in [0.717, 1.165) is 17.6 Å². The number of rotatable bonds is 6. The summed E-state index contributed by atoms with van der Waals surface area (Å²) in [5.41, 5.74) is 0. The third kappa shape index (κ3) is 5.32. The Morgan fingerprint density at radius 3 is 2.52 bits per heavy atom. The third-order valence-electron chi connectivity index (χ3n) is 3.21. The number of aliphatic hydroxyl groups excluding tert-OH is 1. The normalized spacial score (nSPS) is 18.6. The smallest absolute Gasteiger partial charge is 0.240 e. The zero-order chi connectivity index (χ0) is 15.3. The number of nitrogens with zero attached hydrogens (tertiary/aromatic N) is 1. The van der Waals surface area contributed by atoms with E-state index in [2.05, 4.69) is 25.6 Å². The predicted molar refractivity (Wildman–Crippen MR) is 82.6 cm³/mol. The van der Waals surface area contributed by atoms with E-state index in [-0.39, 0.29) is 11.4 Å². The Morgan fingerprint density at radius 2 is 1.90 bits per heavy atom. The van der Waals surface area contributed by atoms with E-state index in [1.165, 1.54) is 12.1 Å². The first-order valence-electron chi connectivity index (χ1n) is 6.71. The largest absolute Gasteiger partial charge is 0.390 e. The van der Waals surface area contributed by atoms with Crippen molar-refractivity contribution in [3.63, 3.8) is 0 Å². The number of ether oxygens (including phenoxy) is 1. The number of β-amino-alcohol motifs (C(OH)–C–C–N with tert-alkyl or cyclic N) is 1. The molecule has 1 atom stereocenters. The minimum Gasteiger partial charge on any atom is -0.390 e. The lowest BCUT2D eigenvalue weighted by molar-refractivity contribution is 0.0158. The molecule has 0 aliphatic carbocycles. The number of hydrogen-bond donors (Lipinski definition) is 2. The summed E-state index contributed by atoms with van der Waals surface area (Å²) >= 11 is 3.26. The Balaban J connectivity index is 1.84. The van der Waals surface area contributed by atoms with Crippen LogP contribution in [-0.2, 0) is 14.8 Å². The topological polar surface area (TPSA) is 78.9 Å². The predicted octanol–water partition coefficient (Wildman–Crippen LogP) is 0.420. The van der Waals surface area contributed by atoms with Gasteiger partial charge in [-0.1, -0.05) is 15.9 Å². The molecule has 6 nitrogen and oxygen atoms in total. The van der Waals surface area contributed by atoms with Gasteiger partial charge in [0.1, 0.15) is 0 Å². The average molecular weight is 379 g/mol. The Kier molecular flexibility index (Phi) is 6.15. The van der Waals surface area contributed by atoms with Gasteiger partial charge >= 0.3 is 0 Å². The van der Waals surface area contributed by atoms with Gasteiger partial charge in [-0.3, -0.25) is 4.90 Å². The lowest BCUT2D eigenvalue weighted by Crippen LogP contribution is -2.44. The van der Waals surface area contributed by atoms with E-state index in [9.17, 15) is 13.5 Å². The molecule has 118 valence electrons. The van der Waals surface area contributed by atoms with Crippen molar-refractivity contribution in [2.75, 3.05) is 39.4 Å². The third-order valence-corrected chi connectivity index (χ3v) is 5.17. The molecule has 1 fully saturated rings. The molecule has 1 saturated heterocycles. The summed E-state index contributed by atoms with van der Waals surface area (Å²) in [6.45, 7) is 3.25. The molecule has 21 heavy (non-hydrogen) atoms. The quantitative estimate of drug-likeness (QED) is 0.749. The molecule has 0 amide bonds. The maximum absolute atomic E-state index is 12.1. The maximum atomic E-state index is 12.1. The summed E-state index contributed by atoms with van der Waals surface area (Å²) in [6, 6.07) is 6.36. The van der Waals surface area contributed by atoms with Gasteiger partial charge in [-0.25, -0.2) is 13.1 Å². The van der Waals surface area contributed by atoms with Gasteiger partial charge < -0.3 is 9.84 Å². The van der Waals surface area contributed by atoms with Crippen LogP contribution < -0.4 is 4.72 Å². The van der Waals surface area contributed by atoms with Crippen molar-refractivity contribution in [1.29, 1.82) is 0 Å². The van der Waals surface area contributed by atoms with E-state index in [1.54, 1.807) is 12.1 Å². The average Bonchev–Trinajstić information content (AvgIpc) is 2.47. The van der Waals surface area contributed by atoms with Gasteiger partial charge in [-0.05, 0) is 24.3 Å². The molecule has 2 rings (SSSR count). The second kappa shape index (κ2) is 7.66. The summed E-state index contributed by atoms with van der Waals surface area (Å²) in [4.78, 5) is 2.24. The molecule has 0 aromatic heterocycles. The number of halogens is 1. The summed E-state index contributed by atoms with van der Waals surface area (Å²) < 4.78 is 32.6. The SMILES string of the molecule is O=S(=O)(NCC(O)CN1CCOCC1)c1ccc(Br)cc1. The van der Waals surface area contributed by atoms with Gasteiger partial charge in [-0.2, -0.15) is 0 Å². The fourth-order valence-corrected chi connectivity index (χ4v) is 3.39. The molecule has 1 heterocycles. The van der Waals surface area contributed by atoms with Crippen molar-refractivity contribution in [2.45, 2.75) is 11.0 Å². The van der Waals surface area contributed by atoms with Crippen molar-refractivity contribution in [2.24, 2.45) is 0 Å². The van der Waals surface area contributed by atoms with Crippen LogP contribution in [0, 0.1) is 0 Å². The summed E-state index contributed by atoms with van der Waals surface area (Å²) in [5.74, 6) is 0. The maximum Gasteiger partial charge on any atom is 0.240 e. The van der Waals surface area contributed by atoms with Crippen molar-refractivity contribution in [3.8, 4) is 0 Å². The number of benzene rings is 1. The Hall–Kier alpha value is -0.510. The molecule has 1 aliphatic rings. The molecular weight excluding hydrogens is 360 g/mol. The zero-order valence-electron chi connectivity index (χ0n) is 11.5. The minimum atomic E-state index is -3.59. The van der Waals surface area contributed by atoms with Crippen LogP contribution in [0.25, 0.3) is 0 Å². The van der Waals surface area contributed by atoms with Crippen molar-refractivity contribution in [3.05, 3.63) is 28.7 Å². The standard InChI is InChI=1S/C13H19BrN2O4S/c14-11-1-3-13(4-2-11)21(18,19)15-9-12(17)10-16-5-7-20-8-6-16/h1-4,12,15,17H,5-10H2. The van der Waals surface area contributed by atoms with Crippen molar-refractivity contribution >= 4 is 26.0 Å². The van der Waals surface area contributed by atoms with E-state index in [1.807, 2.05) is 0 Å². The number of sulfonamides is 1. The first kappa shape index (κ1) is 16.9. The van der Waals surface area contributed by atoms with Gasteiger partial charge in [0.15, 0.2) is 0 Å². The lowest BCUT2D eigenvalue weighted by atomic mass is 10.3. The van der Waals surface area contributed by atoms with Gasteiger partial charge in [0, 0.05) is 30.7 Å². The molecule has 1 aromatic rings. The molecular formula is C13H19BrN2O4S. The summed E-state index contributed by atoms with van der Waals surface area (Å²) in [5, 5.41) is 9.94. The minimum absolute atomic E-state index is 0.00421. The Labute approximate surface area is 133 Å². The van der Waals surface area contributed by atoms with Crippen molar-refractivity contribution < 1.29 is 18.3 Å². The molecule has 1 unspecified atom stereocenters.